The van der Waals surface area contributed by atoms with Gasteiger partial charge in [0, 0.05) is 36.7 Å². The zero-order valence-corrected chi connectivity index (χ0v) is 14.5. The second-order valence-electron chi connectivity index (χ2n) is 6.02. The van der Waals surface area contributed by atoms with Crippen molar-refractivity contribution in [3.8, 4) is 17.2 Å². The largest absolute Gasteiger partial charge is 0.454 e. The SMILES string of the molecule is CCN(Cc1ccc2c(c1)OCO2)C(=O)c1ccc(-n2ccnc2)cc1. The summed E-state index contributed by atoms with van der Waals surface area (Å²) in [4.78, 5) is 18.7. The van der Waals surface area contributed by atoms with Gasteiger partial charge in [-0.3, -0.25) is 4.79 Å². The normalized spacial score (nSPS) is 12.2. The van der Waals surface area contributed by atoms with E-state index in [0.29, 0.717) is 18.7 Å². The first-order chi connectivity index (χ1) is 12.7. The number of benzene rings is 2. The molecule has 1 amide bonds. The third-order valence-electron chi connectivity index (χ3n) is 4.40. The molecular weight excluding hydrogens is 330 g/mol. The van der Waals surface area contributed by atoms with E-state index >= 15 is 0 Å². The highest BCUT2D eigenvalue weighted by atomic mass is 16.7. The summed E-state index contributed by atoms with van der Waals surface area (Å²) in [7, 11) is 0. The van der Waals surface area contributed by atoms with Crippen LogP contribution < -0.4 is 9.47 Å². The molecule has 1 aliphatic rings. The number of hydrogen-bond acceptors (Lipinski definition) is 4. The quantitative estimate of drug-likeness (QED) is 0.709. The van der Waals surface area contributed by atoms with Gasteiger partial charge in [-0.25, -0.2) is 4.98 Å². The van der Waals surface area contributed by atoms with Gasteiger partial charge in [0.25, 0.3) is 5.91 Å². The number of ether oxygens (including phenoxy) is 2. The topological polar surface area (TPSA) is 56.6 Å². The Labute approximate surface area is 151 Å². The van der Waals surface area contributed by atoms with E-state index in [1.165, 1.54) is 0 Å². The molecule has 26 heavy (non-hydrogen) atoms. The molecule has 2 heterocycles. The van der Waals surface area contributed by atoms with Crippen LogP contribution >= 0.6 is 0 Å². The van der Waals surface area contributed by atoms with Gasteiger partial charge in [0.1, 0.15) is 0 Å². The fourth-order valence-corrected chi connectivity index (χ4v) is 2.96. The molecular formula is C20H19N3O3. The van der Waals surface area contributed by atoms with E-state index in [-0.39, 0.29) is 12.7 Å². The first kappa shape index (κ1) is 16.2. The molecule has 1 aliphatic heterocycles. The Morgan fingerprint density at radius 3 is 2.69 bits per heavy atom. The molecule has 3 aromatic rings. The van der Waals surface area contributed by atoms with Crippen LogP contribution in [0, 0.1) is 0 Å². The molecule has 0 bridgehead atoms. The monoisotopic (exact) mass is 349 g/mol. The van der Waals surface area contributed by atoms with Gasteiger partial charge in [0.15, 0.2) is 11.5 Å². The summed E-state index contributed by atoms with van der Waals surface area (Å²) in [5.41, 5.74) is 2.65. The fraction of sp³-hybridized carbons (Fsp3) is 0.200. The highest BCUT2D eigenvalue weighted by molar-refractivity contribution is 5.94. The van der Waals surface area contributed by atoms with Gasteiger partial charge in [0.2, 0.25) is 6.79 Å². The Balaban J connectivity index is 1.50. The molecule has 132 valence electrons. The van der Waals surface area contributed by atoms with Gasteiger partial charge < -0.3 is 18.9 Å². The second kappa shape index (κ2) is 6.92. The lowest BCUT2D eigenvalue weighted by Crippen LogP contribution is -2.30. The molecule has 0 aliphatic carbocycles. The molecule has 0 spiro atoms. The number of hydrogen-bond donors (Lipinski definition) is 0. The molecule has 0 N–H and O–H groups in total. The van der Waals surface area contributed by atoms with Crippen molar-refractivity contribution in [2.75, 3.05) is 13.3 Å². The minimum absolute atomic E-state index is 0.00217. The van der Waals surface area contributed by atoms with Crippen LogP contribution in [0.25, 0.3) is 5.69 Å². The van der Waals surface area contributed by atoms with E-state index in [0.717, 1.165) is 22.7 Å². The lowest BCUT2D eigenvalue weighted by molar-refractivity contribution is 0.0752. The first-order valence-corrected chi connectivity index (χ1v) is 8.51. The summed E-state index contributed by atoms with van der Waals surface area (Å²) in [6.45, 7) is 3.37. The summed E-state index contributed by atoms with van der Waals surface area (Å²) in [6.07, 6.45) is 5.33. The number of rotatable bonds is 5. The molecule has 0 saturated carbocycles. The van der Waals surface area contributed by atoms with Crippen LogP contribution in [-0.2, 0) is 6.54 Å². The van der Waals surface area contributed by atoms with Crippen LogP contribution in [0.1, 0.15) is 22.8 Å². The van der Waals surface area contributed by atoms with Gasteiger partial charge in [-0.15, -0.1) is 0 Å². The predicted octanol–water partition coefficient (Wildman–Crippen LogP) is 3.26. The summed E-state index contributed by atoms with van der Waals surface area (Å²) < 4.78 is 12.7. The van der Waals surface area contributed by atoms with Crippen molar-refractivity contribution in [3.63, 3.8) is 0 Å². The Morgan fingerprint density at radius 2 is 1.96 bits per heavy atom. The maximum absolute atomic E-state index is 12.9. The van der Waals surface area contributed by atoms with E-state index in [2.05, 4.69) is 4.98 Å². The van der Waals surface area contributed by atoms with Gasteiger partial charge in [-0.05, 0) is 48.9 Å². The third kappa shape index (κ3) is 3.13. The zero-order chi connectivity index (χ0) is 17.9. The molecule has 0 saturated heterocycles. The summed E-state index contributed by atoms with van der Waals surface area (Å²) in [5.74, 6) is 1.48. The number of carbonyl (C=O) groups is 1. The van der Waals surface area contributed by atoms with Gasteiger partial charge in [0.05, 0.1) is 6.33 Å². The first-order valence-electron chi connectivity index (χ1n) is 8.51. The molecule has 1 aromatic heterocycles. The lowest BCUT2D eigenvalue weighted by Gasteiger charge is -2.21. The minimum atomic E-state index is 0.00217. The van der Waals surface area contributed by atoms with Crippen LogP contribution in [0.15, 0.2) is 61.2 Å². The predicted molar refractivity (Wildman–Crippen MR) is 96.5 cm³/mol. The highest BCUT2D eigenvalue weighted by Crippen LogP contribution is 2.32. The molecule has 2 aromatic carbocycles. The van der Waals surface area contributed by atoms with Crippen molar-refractivity contribution in [1.82, 2.24) is 14.5 Å². The number of carbonyl (C=O) groups excluding carboxylic acids is 1. The summed E-state index contributed by atoms with van der Waals surface area (Å²) in [5, 5.41) is 0. The number of fused-ring (bicyclic) bond motifs is 1. The average Bonchev–Trinajstić information content (AvgIpc) is 3.37. The molecule has 0 radical (unpaired) electrons. The summed E-state index contributed by atoms with van der Waals surface area (Å²) >= 11 is 0. The Morgan fingerprint density at radius 1 is 1.15 bits per heavy atom. The van der Waals surface area contributed by atoms with Crippen molar-refractivity contribution in [1.29, 1.82) is 0 Å². The highest BCUT2D eigenvalue weighted by Gasteiger charge is 2.18. The molecule has 4 rings (SSSR count). The summed E-state index contributed by atoms with van der Waals surface area (Å²) in [6, 6.07) is 13.3. The number of nitrogens with zero attached hydrogens (tertiary/aromatic N) is 3. The Hall–Kier alpha value is -3.28. The third-order valence-corrected chi connectivity index (χ3v) is 4.40. The number of aromatic nitrogens is 2. The van der Waals surface area contributed by atoms with Crippen LogP contribution in [-0.4, -0.2) is 33.7 Å². The van der Waals surface area contributed by atoms with E-state index in [4.69, 9.17) is 9.47 Å². The van der Waals surface area contributed by atoms with Gasteiger partial charge >= 0.3 is 0 Å². The lowest BCUT2D eigenvalue weighted by atomic mass is 10.1. The smallest absolute Gasteiger partial charge is 0.254 e. The second-order valence-corrected chi connectivity index (χ2v) is 6.02. The van der Waals surface area contributed by atoms with Crippen molar-refractivity contribution in [2.45, 2.75) is 13.5 Å². The molecule has 6 heteroatoms. The van der Waals surface area contributed by atoms with Crippen LogP contribution in [0.2, 0.25) is 0 Å². The van der Waals surface area contributed by atoms with Crippen LogP contribution in [0.3, 0.4) is 0 Å². The van der Waals surface area contributed by atoms with Crippen molar-refractivity contribution in [2.24, 2.45) is 0 Å². The van der Waals surface area contributed by atoms with Gasteiger partial charge in [-0.1, -0.05) is 6.07 Å². The van der Waals surface area contributed by atoms with Gasteiger partial charge in [-0.2, -0.15) is 0 Å². The Bertz CT molecular complexity index is 905. The molecule has 0 fully saturated rings. The maximum Gasteiger partial charge on any atom is 0.254 e. The number of imidazole rings is 1. The minimum Gasteiger partial charge on any atom is -0.454 e. The fourth-order valence-electron chi connectivity index (χ4n) is 2.96. The average molecular weight is 349 g/mol. The van der Waals surface area contributed by atoms with E-state index in [1.54, 1.807) is 12.5 Å². The Kier molecular flexibility index (Phi) is 4.31. The maximum atomic E-state index is 12.9. The standard InChI is InChI=1S/C20H19N3O3/c1-2-22(12-15-3-8-18-19(11-15)26-14-25-18)20(24)16-4-6-17(7-5-16)23-10-9-21-13-23/h3-11,13H,2,12,14H2,1H3. The van der Waals surface area contributed by atoms with E-state index < -0.39 is 0 Å². The zero-order valence-electron chi connectivity index (χ0n) is 14.5. The molecule has 0 atom stereocenters. The van der Waals surface area contributed by atoms with Crippen LogP contribution in [0.5, 0.6) is 11.5 Å². The van der Waals surface area contributed by atoms with E-state index in [1.807, 2.05) is 65.1 Å². The van der Waals surface area contributed by atoms with E-state index in [9.17, 15) is 4.79 Å². The van der Waals surface area contributed by atoms with Crippen molar-refractivity contribution >= 4 is 5.91 Å². The van der Waals surface area contributed by atoms with Crippen molar-refractivity contribution in [3.05, 3.63) is 72.3 Å². The van der Waals surface area contributed by atoms with Crippen molar-refractivity contribution < 1.29 is 14.3 Å². The molecule has 0 unspecified atom stereocenters. The molecule has 6 nitrogen and oxygen atoms in total. The van der Waals surface area contributed by atoms with Crippen LogP contribution in [0.4, 0.5) is 0 Å². The number of amides is 1.